The first-order valence-corrected chi connectivity index (χ1v) is 25.9. The van der Waals surface area contributed by atoms with Crippen LogP contribution in [0.3, 0.4) is 0 Å². The van der Waals surface area contributed by atoms with Gasteiger partial charge in [0.15, 0.2) is 0 Å². The van der Waals surface area contributed by atoms with Gasteiger partial charge in [-0.15, -0.1) is 0 Å². The van der Waals surface area contributed by atoms with Crippen molar-refractivity contribution in [1.29, 1.82) is 0 Å². The number of para-hydroxylation sites is 1. The Kier molecular flexibility index (Phi) is 8.79. The van der Waals surface area contributed by atoms with Crippen molar-refractivity contribution in [2.24, 2.45) is 0 Å². The molecule has 0 atom stereocenters. The normalized spacial score (nSPS) is 15.9. The summed E-state index contributed by atoms with van der Waals surface area (Å²) in [4.78, 5) is 5.03. The van der Waals surface area contributed by atoms with E-state index in [-0.39, 0.29) is 28.5 Å². The van der Waals surface area contributed by atoms with Crippen LogP contribution in [-0.2, 0) is 21.7 Å². The van der Waals surface area contributed by atoms with E-state index in [9.17, 15) is 0 Å². The number of furan rings is 3. The topological polar surface area (TPSA) is 45.9 Å². The van der Waals surface area contributed by atoms with Crippen molar-refractivity contribution in [2.75, 3.05) is 9.71 Å². The Morgan fingerprint density at radius 2 is 1.08 bits per heavy atom. The molecule has 5 heterocycles. The lowest BCUT2D eigenvalue weighted by Crippen LogP contribution is -2.61. The molecule has 6 heteroatoms. The average Bonchev–Trinajstić information content (AvgIpc) is 4.05. The molecule has 0 amide bonds. The highest BCUT2D eigenvalue weighted by Crippen LogP contribution is 2.55. The van der Waals surface area contributed by atoms with Gasteiger partial charge in [-0.05, 0) is 140 Å². The summed E-state index contributed by atoms with van der Waals surface area (Å²) in [6, 6.07) is 56.3. The number of nitrogens with zero attached hydrogens (tertiary/aromatic N) is 2. The van der Waals surface area contributed by atoms with Gasteiger partial charge in [-0.25, -0.2) is 0 Å². The van der Waals surface area contributed by atoms with Crippen molar-refractivity contribution in [3.05, 3.63) is 174 Å². The maximum absolute atomic E-state index is 7.47. The zero-order chi connectivity index (χ0) is 49.4. The van der Waals surface area contributed by atoms with Crippen molar-refractivity contribution in [2.45, 2.75) is 104 Å². The lowest BCUT2D eigenvalue weighted by molar-refractivity contribution is 0.332. The Morgan fingerprint density at radius 1 is 0.472 bits per heavy atom. The number of rotatable bonds is 3. The van der Waals surface area contributed by atoms with Crippen molar-refractivity contribution >= 4 is 101 Å². The second-order valence-electron chi connectivity index (χ2n) is 24.4. The summed E-state index contributed by atoms with van der Waals surface area (Å²) in [7, 11) is 0. The molecular weight excluding hydrogens is 880 g/mol. The summed E-state index contributed by atoms with van der Waals surface area (Å²) in [5, 5.41) is 5.50. The Labute approximate surface area is 422 Å². The summed E-state index contributed by atoms with van der Waals surface area (Å²) in [5.41, 5.74) is 21.7. The summed E-state index contributed by atoms with van der Waals surface area (Å²) in [6.07, 6.45) is 2.28. The van der Waals surface area contributed by atoms with Gasteiger partial charge in [-0.1, -0.05) is 148 Å². The molecule has 0 spiro atoms. The third kappa shape index (κ3) is 6.20. The highest BCUT2D eigenvalue weighted by Gasteiger charge is 2.50. The molecule has 72 heavy (non-hydrogen) atoms. The van der Waals surface area contributed by atoms with Crippen LogP contribution in [0, 0.1) is 0 Å². The first kappa shape index (κ1) is 43.4. The van der Waals surface area contributed by atoms with Crippen molar-refractivity contribution in [1.82, 2.24) is 0 Å². The van der Waals surface area contributed by atoms with E-state index < -0.39 is 0 Å². The number of hydrogen-bond donors (Lipinski definition) is 0. The third-order valence-electron chi connectivity index (χ3n) is 16.8. The van der Waals surface area contributed by atoms with Crippen LogP contribution in [-0.4, -0.2) is 6.85 Å². The molecule has 0 N–H and O–H groups in total. The van der Waals surface area contributed by atoms with Crippen molar-refractivity contribution in [3.8, 4) is 22.3 Å². The first-order valence-electron chi connectivity index (χ1n) is 25.9. The van der Waals surface area contributed by atoms with Crippen molar-refractivity contribution < 1.29 is 13.3 Å². The molecule has 5 nitrogen and oxygen atoms in total. The van der Waals surface area contributed by atoms with Gasteiger partial charge in [-0.2, -0.15) is 0 Å². The minimum Gasteiger partial charge on any atom is -0.466 e. The van der Waals surface area contributed by atoms with Crippen LogP contribution in [0.15, 0.2) is 165 Å². The molecule has 2 aliphatic heterocycles. The molecule has 0 saturated carbocycles. The molecule has 354 valence electrons. The lowest BCUT2D eigenvalue weighted by atomic mass is 9.45. The van der Waals surface area contributed by atoms with E-state index in [1.807, 2.05) is 0 Å². The first-order chi connectivity index (χ1) is 34.4. The van der Waals surface area contributed by atoms with Crippen molar-refractivity contribution in [3.63, 3.8) is 0 Å². The van der Waals surface area contributed by atoms with Crippen LogP contribution in [0.2, 0.25) is 0 Å². The van der Waals surface area contributed by atoms with E-state index in [0.29, 0.717) is 0 Å². The monoisotopic (exact) mass is 938 g/mol. The smallest absolute Gasteiger partial charge is 0.376 e. The molecular formula is C66H59BN2O3. The minimum absolute atomic E-state index is 0.0159. The summed E-state index contributed by atoms with van der Waals surface area (Å²) < 4.78 is 21.8. The number of fused-ring (bicyclic) bond motifs is 14. The van der Waals surface area contributed by atoms with E-state index in [1.165, 1.54) is 22.3 Å². The van der Waals surface area contributed by atoms with Gasteiger partial charge in [0, 0.05) is 66.9 Å². The number of anilines is 5. The molecule has 0 radical (unpaired) electrons. The quantitative estimate of drug-likeness (QED) is 0.165. The van der Waals surface area contributed by atoms with Crippen LogP contribution < -0.4 is 20.8 Å². The van der Waals surface area contributed by atoms with Crippen LogP contribution in [0.25, 0.3) is 77.1 Å². The summed E-state index contributed by atoms with van der Waals surface area (Å²) in [5.74, 6) is 0. The summed E-state index contributed by atoms with van der Waals surface area (Å²) >= 11 is 0. The second kappa shape index (κ2) is 14.6. The van der Waals surface area contributed by atoms with Crippen LogP contribution in [0.5, 0.6) is 0 Å². The Bertz CT molecular complexity index is 4060. The number of benzene rings is 8. The zero-order valence-corrected chi connectivity index (χ0v) is 43.0. The van der Waals surface area contributed by atoms with Gasteiger partial charge in [0.05, 0.1) is 5.69 Å². The molecule has 8 aromatic carbocycles. The van der Waals surface area contributed by atoms with E-state index in [1.54, 1.807) is 0 Å². The predicted molar refractivity (Wildman–Crippen MR) is 303 cm³/mol. The van der Waals surface area contributed by atoms with Gasteiger partial charge in [0.2, 0.25) is 0 Å². The van der Waals surface area contributed by atoms with Gasteiger partial charge in [0.1, 0.15) is 33.6 Å². The highest BCUT2D eigenvalue weighted by atomic mass is 16.3. The molecule has 3 aliphatic rings. The van der Waals surface area contributed by atoms with E-state index >= 15 is 0 Å². The van der Waals surface area contributed by atoms with Gasteiger partial charge >= 0.3 is 6.85 Å². The van der Waals surface area contributed by atoms with E-state index in [4.69, 9.17) is 13.3 Å². The van der Waals surface area contributed by atoms with E-state index in [2.05, 4.69) is 231 Å². The van der Waals surface area contributed by atoms with E-state index in [0.717, 1.165) is 130 Å². The highest BCUT2D eigenvalue weighted by molar-refractivity contribution is 6.93. The fourth-order valence-corrected chi connectivity index (χ4v) is 12.6. The van der Waals surface area contributed by atoms with Gasteiger partial charge in [-0.3, -0.25) is 0 Å². The predicted octanol–water partition coefficient (Wildman–Crippen LogP) is 17.6. The van der Waals surface area contributed by atoms with Crippen LogP contribution >= 0.6 is 0 Å². The minimum atomic E-state index is -0.385. The molecule has 14 rings (SSSR count). The van der Waals surface area contributed by atoms with Gasteiger partial charge in [0.25, 0.3) is 0 Å². The maximum atomic E-state index is 7.47. The molecule has 0 bridgehead atoms. The Balaban J connectivity index is 1.14. The molecule has 3 aromatic heterocycles. The molecule has 11 aromatic rings. The van der Waals surface area contributed by atoms with Crippen LogP contribution in [0.4, 0.5) is 28.4 Å². The second-order valence-corrected chi connectivity index (χ2v) is 24.4. The Hall–Kier alpha value is -7.44. The average molecular weight is 939 g/mol. The summed E-state index contributed by atoms with van der Waals surface area (Å²) in [6.45, 7) is 22.9. The lowest BCUT2D eigenvalue weighted by Gasteiger charge is -2.43. The fourth-order valence-electron chi connectivity index (χ4n) is 12.6. The SMILES string of the molecule is CC(C)(C)c1ccc(N2B3c4oc5ccc(-c6ccccc6)cc5c4N(c4ccc(C(C)(C)C)cc4)c4cc5c(oc6ccccc65)c(c43)-c3cc4c(cc32)oc2cc3c(cc24)C(C)(C)CCC3(C)C)cc1. The third-order valence-corrected chi connectivity index (χ3v) is 16.8. The molecule has 0 unspecified atom stereocenters. The Morgan fingerprint density at radius 3 is 1.78 bits per heavy atom. The van der Waals surface area contributed by atoms with Crippen LogP contribution in [0.1, 0.15) is 104 Å². The standard InChI is InChI=1S/C66H59BN2O3/c1-63(2,3)40-21-25-42(26-22-40)68-53-35-47-44-18-14-15-19-54(44)71-61(47)58-48-33-45-46-34-50-51(66(9,10)31-30-65(50,7)8)36-56(46)70-57(45)37-52(48)69(43-27-23-41(24-28-43)64(4,5)6)67(59(53)58)62-60(68)49-32-39(20-29-55(49)72-62)38-16-12-11-13-17-38/h11-29,32-37H,30-31H2,1-10H3. The zero-order valence-electron chi connectivity index (χ0n) is 43.0. The maximum Gasteiger partial charge on any atom is 0.376 e. The molecule has 1 aliphatic carbocycles. The molecule has 0 saturated heterocycles. The number of hydrogen-bond acceptors (Lipinski definition) is 5. The fraction of sp³-hybridized carbons (Fsp3) is 0.242. The largest absolute Gasteiger partial charge is 0.466 e. The molecule has 0 fully saturated rings. The van der Waals surface area contributed by atoms with Gasteiger partial charge < -0.3 is 23.0 Å².